The molecule has 3 nitrogen and oxygen atoms in total. The maximum Gasteiger partial charge on any atom is 0.213 e. The van der Waals surface area contributed by atoms with Crippen molar-refractivity contribution in [1.82, 2.24) is 4.57 Å². The molecule has 0 aliphatic rings. The fourth-order valence-electron chi connectivity index (χ4n) is 1.56. The minimum atomic E-state index is -0.211. The van der Waals surface area contributed by atoms with Gasteiger partial charge in [0.05, 0.1) is 20.3 Å². The number of nitrogens with zero attached hydrogens (tertiary/aromatic N) is 1. The molecule has 0 aliphatic heterocycles. The van der Waals surface area contributed by atoms with Gasteiger partial charge < -0.3 is 9.67 Å². The van der Waals surface area contributed by atoms with Crippen molar-refractivity contribution in [1.29, 1.82) is 0 Å². The highest BCUT2D eigenvalue weighted by atomic mass is 79.9. The summed E-state index contributed by atoms with van der Waals surface area (Å²) in [6.45, 7) is 0. The number of phenolic OH excluding ortho intramolecular Hbond substituents is 1. The zero-order valence-electron chi connectivity index (χ0n) is 8.95. The lowest BCUT2D eigenvalue weighted by atomic mass is 10.1. The molecule has 0 saturated heterocycles. The summed E-state index contributed by atoms with van der Waals surface area (Å²) in [5.74, 6) is -0.219. The first-order valence-corrected chi connectivity index (χ1v) is 6.44. The Bertz CT molecular complexity index is 590. The lowest BCUT2D eigenvalue weighted by Gasteiger charge is -2.05. The monoisotopic (exact) mass is 357 g/mol. The van der Waals surface area contributed by atoms with Crippen molar-refractivity contribution in [3.63, 3.8) is 0 Å². The number of hydrogen-bond donors (Lipinski definition) is 1. The van der Waals surface area contributed by atoms with Crippen molar-refractivity contribution in [3.05, 3.63) is 50.7 Å². The maximum absolute atomic E-state index is 12.2. The van der Waals surface area contributed by atoms with Crippen LogP contribution in [0.3, 0.4) is 0 Å². The van der Waals surface area contributed by atoms with E-state index in [9.17, 15) is 9.90 Å². The van der Waals surface area contributed by atoms with Gasteiger partial charge in [-0.2, -0.15) is 0 Å². The third-order valence-corrected chi connectivity index (χ3v) is 4.59. The third-order valence-electron chi connectivity index (χ3n) is 2.50. The molecule has 17 heavy (non-hydrogen) atoms. The van der Waals surface area contributed by atoms with Gasteiger partial charge in [-0.05, 0) is 50.1 Å². The Morgan fingerprint density at radius 3 is 2.47 bits per heavy atom. The number of ketones is 1. The van der Waals surface area contributed by atoms with Crippen molar-refractivity contribution in [3.8, 4) is 5.75 Å². The van der Waals surface area contributed by atoms with Gasteiger partial charge >= 0.3 is 0 Å². The van der Waals surface area contributed by atoms with E-state index in [2.05, 4.69) is 31.9 Å². The smallest absolute Gasteiger partial charge is 0.213 e. The number of rotatable bonds is 2. The molecule has 0 atom stereocenters. The molecule has 0 unspecified atom stereocenters. The Morgan fingerprint density at radius 1 is 1.29 bits per heavy atom. The first-order chi connectivity index (χ1) is 8.02. The second-order valence-electron chi connectivity index (χ2n) is 3.57. The summed E-state index contributed by atoms with van der Waals surface area (Å²) in [4.78, 5) is 12.2. The largest absolute Gasteiger partial charge is 0.507 e. The van der Waals surface area contributed by atoms with E-state index < -0.39 is 0 Å². The van der Waals surface area contributed by atoms with Gasteiger partial charge in [0, 0.05) is 7.05 Å². The van der Waals surface area contributed by atoms with Crippen LogP contribution in [0.25, 0.3) is 0 Å². The summed E-state index contributed by atoms with van der Waals surface area (Å²) in [7, 11) is 1.78. The van der Waals surface area contributed by atoms with Crippen LogP contribution in [0.1, 0.15) is 16.1 Å². The van der Waals surface area contributed by atoms with Gasteiger partial charge in [0.2, 0.25) is 5.78 Å². The first kappa shape index (κ1) is 12.4. The van der Waals surface area contributed by atoms with Crippen LogP contribution < -0.4 is 0 Å². The van der Waals surface area contributed by atoms with Crippen molar-refractivity contribution in [2.75, 3.05) is 0 Å². The van der Waals surface area contributed by atoms with Gasteiger partial charge in [-0.1, -0.05) is 12.1 Å². The minimum absolute atomic E-state index is 0.00838. The lowest BCUT2D eigenvalue weighted by molar-refractivity contribution is 0.102. The van der Waals surface area contributed by atoms with E-state index >= 15 is 0 Å². The maximum atomic E-state index is 12.2. The van der Waals surface area contributed by atoms with Crippen molar-refractivity contribution in [2.24, 2.45) is 7.05 Å². The highest BCUT2D eigenvalue weighted by molar-refractivity contribution is 9.13. The number of phenols is 1. The number of hydrogen-bond acceptors (Lipinski definition) is 2. The molecule has 0 radical (unpaired) electrons. The number of halogens is 2. The zero-order chi connectivity index (χ0) is 12.6. The Morgan fingerprint density at radius 2 is 1.94 bits per heavy atom. The summed E-state index contributed by atoms with van der Waals surface area (Å²) in [5, 5.41) is 9.66. The highest BCUT2D eigenvalue weighted by Gasteiger charge is 2.18. The van der Waals surface area contributed by atoms with Crippen LogP contribution in [0.5, 0.6) is 5.75 Å². The molecule has 1 aromatic carbocycles. The van der Waals surface area contributed by atoms with E-state index in [-0.39, 0.29) is 11.5 Å². The normalized spacial score (nSPS) is 10.5. The van der Waals surface area contributed by atoms with Gasteiger partial charge in [-0.3, -0.25) is 4.79 Å². The third kappa shape index (κ3) is 2.17. The Balaban J connectivity index is 2.52. The average molecular weight is 359 g/mol. The van der Waals surface area contributed by atoms with Crippen LogP contribution in [0.4, 0.5) is 0 Å². The molecule has 0 amide bonds. The molecule has 0 bridgehead atoms. The fraction of sp³-hybridized carbons (Fsp3) is 0.0833. The number of benzene rings is 1. The zero-order valence-corrected chi connectivity index (χ0v) is 12.1. The van der Waals surface area contributed by atoms with Crippen LogP contribution in [-0.2, 0) is 7.05 Å². The predicted octanol–water partition coefficient (Wildman–Crippen LogP) is 3.49. The number of aromatic hydroxyl groups is 1. The number of carbonyl (C=O) groups is 1. The van der Waals surface area contributed by atoms with Crippen LogP contribution in [0.2, 0.25) is 0 Å². The Kier molecular flexibility index (Phi) is 3.40. The van der Waals surface area contributed by atoms with Crippen LogP contribution in [-0.4, -0.2) is 15.5 Å². The van der Waals surface area contributed by atoms with E-state index in [1.54, 1.807) is 35.9 Å². The summed E-state index contributed by atoms with van der Waals surface area (Å²) >= 11 is 6.70. The van der Waals surface area contributed by atoms with Crippen LogP contribution in [0, 0.1) is 0 Å². The van der Waals surface area contributed by atoms with E-state index in [4.69, 9.17) is 0 Å². The van der Waals surface area contributed by atoms with Gasteiger partial charge in [0.25, 0.3) is 0 Å². The molecule has 1 heterocycles. The fourth-order valence-corrected chi connectivity index (χ4v) is 2.35. The molecule has 1 aromatic heterocycles. The second kappa shape index (κ2) is 4.66. The van der Waals surface area contributed by atoms with E-state index in [0.29, 0.717) is 11.3 Å². The first-order valence-electron chi connectivity index (χ1n) is 4.85. The SMILES string of the molecule is Cn1c(C(=O)c2ccccc2O)cc(Br)c1Br. The molecule has 0 fully saturated rings. The summed E-state index contributed by atoms with van der Waals surface area (Å²) in [6, 6.07) is 8.23. The number of carbonyl (C=O) groups excluding carboxylic acids is 1. The number of para-hydroxylation sites is 1. The second-order valence-corrected chi connectivity index (χ2v) is 5.18. The predicted molar refractivity (Wildman–Crippen MR) is 72.4 cm³/mol. The van der Waals surface area contributed by atoms with E-state index in [0.717, 1.165) is 9.08 Å². The molecular weight excluding hydrogens is 350 g/mol. The molecule has 0 aliphatic carbocycles. The molecule has 2 aromatic rings. The van der Waals surface area contributed by atoms with Crippen LogP contribution >= 0.6 is 31.9 Å². The quantitative estimate of drug-likeness (QED) is 0.835. The van der Waals surface area contributed by atoms with Gasteiger partial charge in [-0.15, -0.1) is 0 Å². The molecule has 1 N–H and O–H groups in total. The summed E-state index contributed by atoms with van der Waals surface area (Å²) in [6.07, 6.45) is 0. The number of aromatic nitrogens is 1. The molecule has 0 saturated carbocycles. The minimum Gasteiger partial charge on any atom is -0.507 e. The summed E-state index contributed by atoms with van der Waals surface area (Å²) < 4.78 is 3.31. The van der Waals surface area contributed by atoms with Crippen molar-refractivity contribution < 1.29 is 9.90 Å². The topological polar surface area (TPSA) is 42.2 Å². The lowest BCUT2D eigenvalue weighted by Crippen LogP contribution is -2.07. The van der Waals surface area contributed by atoms with Crippen LogP contribution in [0.15, 0.2) is 39.4 Å². The van der Waals surface area contributed by atoms with Gasteiger partial charge in [0.1, 0.15) is 5.75 Å². The highest BCUT2D eigenvalue weighted by Crippen LogP contribution is 2.29. The molecule has 88 valence electrons. The summed E-state index contributed by atoms with van der Waals surface area (Å²) in [5.41, 5.74) is 0.804. The van der Waals surface area contributed by atoms with Gasteiger partial charge in [0.15, 0.2) is 0 Å². The molecule has 5 heteroatoms. The average Bonchev–Trinajstić information content (AvgIpc) is 2.57. The van der Waals surface area contributed by atoms with Crippen molar-refractivity contribution >= 4 is 37.6 Å². The Labute approximate surface area is 115 Å². The van der Waals surface area contributed by atoms with Crippen molar-refractivity contribution in [2.45, 2.75) is 0 Å². The van der Waals surface area contributed by atoms with Gasteiger partial charge in [-0.25, -0.2) is 0 Å². The van der Waals surface area contributed by atoms with E-state index in [1.165, 1.54) is 6.07 Å². The molecule has 2 rings (SSSR count). The molecule has 0 spiro atoms. The standard InChI is InChI=1S/C12H9Br2NO2/c1-15-9(6-8(13)12(15)14)11(17)7-4-2-3-5-10(7)16/h2-6,16H,1H3. The van der Waals surface area contributed by atoms with E-state index in [1.807, 2.05) is 0 Å². The Hall–Kier alpha value is -1.07. The molecular formula is C12H9Br2NO2.